The number of thiophene rings is 1. The monoisotopic (exact) mass is 342 g/mol. The fraction of sp³-hybridized carbons (Fsp3) is 0.400. The second-order valence-electron chi connectivity index (χ2n) is 6.68. The minimum absolute atomic E-state index is 0.395. The molecule has 24 heavy (non-hydrogen) atoms. The van der Waals surface area contributed by atoms with Crippen LogP contribution in [-0.4, -0.2) is 41.7 Å². The maximum absolute atomic E-state index is 10.5. The molecule has 1 N–H and O–H groups in total. The fourth-order valence-corrected chi connectivity index (χ4v) is 4.23. The Hall–Kier alpha value is -1.78. The van der Waals surface area contributed by atoms with Gasteiger partial charge in [-0.25, -0.2) is 0 Å². The van der Waals surface area contributed by atoms with E-state index in [1.54, 1.807) is 17.4 Å². The molecule has 1 aliphatic heterocycles. The maximum atomic E-state index is 10.5. The Morgan fingerprint density at radius 3 is 2.79 bits per heavy atom. The number of nitrogens with zero attached hydrogens (tertiary/aromatic N) is 2. The minimum atomic E-state index is 0.395. The number of aromatic hydroxyl groups is 1. The van der Waals surface area contributed by atoms with E-state index in [-0.39, 0.29) is 0 Å². The normalized spacial score (nSPS) is 21.8. The molecule has 0 saturated carbocycles. The van der Waals surface area contributed by atoms with Crippen LogP contribution in [-0.2, 0) is 6.42 Å². The summed E-state index contributed by atoms with van der Waals surface area (Å²) in [4.78, 5) is 4.92. The molecule has 4 heteroatoms. The second kappa shape index (κ2) is 7.41. The van der Waals surface area contributed by atoms with Crippen molar-refractivity contribution in [3.05, 3.63) is 58.8 Å². The van der Waals surface area contributed by atoms with Crippen LogP contribution in [0.1, 0.15) is 25.0 Å². The van der Waals surface area contributed by atoms with Gasteiger partial charge in [-0.1, -0.05) is 12.1 Å². The van der Waals surface area contributed by atoms with Gasteiger partial charge in [0.05, 0.1) is 0 Å². The number of phenols is 1. The van der Waals surface area contributed by atoms with Gasteiger partial charge in [-0.15, -0.1) is 6.58 Å². The Morgan fingerprint density at radius 1 is 1.25 bits per heavy atom. The Balaban J connectivity index is 1.89. The molecule has 0 unspecified atom stereocenters. The zero-order valence-corrected chi connectivity index (χ0v) is 15.3. The lowest BCUT2D eigenvalue weighted by Crippen LogP contribution is -2.56. The summed E-state index contributed by atoms with van der Waals surface area (Å²) in [6, 6.07) is 8.91. The number of anilines is 1. The first-order chi connectivity index (χ1) is 11.6. The molecule has 2 heterocycles. The lowest BCUT2D eigenvalue weighted by atomic mass is 10.00. The summed E-state index contributed by atoms with van der Waals surface area (Å²) in [7, 11) is 0. The summed E-state index contributed by atoms with van der Waals surface area (Å²) < 4.78 is 0. The molecule has 3 rings (SSSR count). The molecule has 1 aromatic carbocycles. The molecule has 2 atom stereocenters. The van der Waals surface area contributed by atoms with Crippen molar-refractivity contribution in [2.75, 3.05) is 24.5 Å². The molecule has 0 aliphatic carbocycles. The number of hydrogen-bond donors (Lipinski definition) is 1. The molecule has 2 aromatic rings. The average molecular weight is 343 g/mol. The summed E-state index contributed by atoms with van der Waals surface area (Å²) in [5.74, 6) is 0.395. The van der Waals surface area contributed by atoms with Crippen molar-refractivity contribution in [1.29, 1.82) is 0 Å². The van der Waals surface area contributed by atoms with Crippen LogP contribution in [0.3, 0.4) is 0 Å². The van der Waals surface area contributed by atoms with Gasteiger partial charge in [-0.2, -0.15) is 11.3 Å². The Bertz CT molecular complexity index is 683. The standard InChI is InChI=1S/C20H26N2OS/c1-4-9-21-12-16(3)22(13-15(21)2)19-6-5-7-20(23)18(19)11-17-8-10-24-14-17/h4-8,10,14-16,23H,1,9,11-13H2,2-3H3/t15-,16+/m1/s1. The van der Waals surface area contributed by atoms with Crippen LogP contribution >= 0.6 is 11.3 Å². The lowest BCUT2D eigenvalue weighted by Gasteiger charge is -2.45. The largest absolute Gasteiger partial charge is 0.508 e. The van der Waals surface area contributed by atoms with Gasteiger partial charge < -0.3 is 10.0 Å². The summed E-state index contributed by atoms with van der Waals surface area (Å²) in [5.41, 5.74) is 3.46. The SMILES string of the molecule is C=CCN1C[C@H](C)N(c2cccc(O)c2Cc2ccsc2)C[C@H]1C. The molecule has 0 spiro atoms. The average Bonchev–Trinajstić information content (AvgIpc) is 3.06. The van der Waals surface area contributed by atoms with Gasteiger partial charge >= 0.3 is 0 Å². The minimum Gasteiger partial charge on any atom is -0.508 e. The van der Waals surface area contributed by atoms with E-state index in [0.717, 1.165) is 31.6 Å². The molecular weight excluding hydrogens is 316 g/mol. The highest BCUT2D eigenvalue weighted by Gasteiger charge is 2.30. The third kappa shape index (κ3) is 3.50. The van der Waals surface area contributed by atoms with E-state index < -0.39 is 0 Å². The number of hydrogen-bond acceptors (Lipinski definition) is 4. The molecule has 0 radical (unpaired) electrons. The predicted molar refractivity (Wildman–Crippen MR) is 103 cm³/mol. The first-order valence-corrected chi connectivity index (χ1v) is 9.48. The van der Waals surface area contributed by atoms with Crippen LogP contribution in [0.15, 0.2) is 47.7 Å². The first kappa shape index (κ1) is 17.1. The number of piperazine rings is 1. The van der Waals surface area contributed by atoms with Gasteiger partial charge in [0.25, 0.3) is 0 Å². The van der Waals surface area contributed by atoms with Crippen LogP contribution in [0.5, 0.6) is 5.75 Å². The van der Waals surface area contributed by atoms with Crippen LogP contribution < -0.4 is 4.90 Å². The molecule has 0 bridgehead atoms. The molecular formula is C20H26N2OS. The Kier molecular flexibility index (Phi) is 5.27. The molecule has 128 valence electrons. The molecule has 1 aromatic heterocycles. The summed E-state index contributed by atoms with van der Waals surface area (Å²) >= 11 is 1.70. The third-order valence-electron chi connectivity index (χ3n) is 4.88. The Morgan fingerprint density at radius 2 is 2.08 bits per heavy atom. The van der Waals surface area contributed by atoms with Crippen molar-refractivity contribution in [3.63, 3.8) is 0 Å². The van der Waals surface area contributed by atoms with Crippen molar-refractivity contribution in [1.82, 2.24) is 4.90 Å². The highest BCUT2D eigenvalue weighted by Crippen LogP contribution is 2.34. The maximum Gasteiger partial charge on any atom is 0.121 e. The van der Waals surface area contributed by atoms with Gasteiger partial charge in [0.1, 0.15) is 5.75 Å². The van der Waals surface area contributed by atoms with E-state index in [1.807, 2.05) is 12.1 Å². The molecule has 1 aliphatic rings. The van der Waals surface area contributed by atoms with Crippen molar-refractivity contribution >= 4 is 17.0 Å². The summed E-state index contributed by atoms with van der Waals surface area (Å²) in [6.07, 6.45) is 2.76. The van der Waals surface area contributed by atoms with Gasteiger partial charge in [0, 0.05) is 49.4 Å². The highest BCUT2D eigenvalue weighted by atomic mass is 32.1. The molecule has 1 saturated heterocycles. The quantitative estimate of drug-likeness (QED) is 0.828. The lowest BCUT2D eigenvalue weighted by molar-refractivity contribution is 0.184. The van der Waals surface area contributed by atoms with E-state index in [0.29, 0.717) is 17.8 Å². The van der Waals surface area contributed by atoms with E-state index in [4.69, 9.17) is 0 Å². The third-order valence-corrected chi connectivity index (χ3v) is 5.61. The van der Waals surface area contributed by atoms with Crippen molar-refractivity contribution < 1.29 is 5.11 Å². The number of phenolic OH excluding ortho intramolecular Hbond substituents is 1. The number of rotatable bonds is 5. The smallest absolute Gasteiger partial charge is 0.121 e. The van der Waals surface area contributed by atoms with Crippen LogP contribution in [0, 0.1) is 0 Å². The van der Waals surface area contributed by atoms with Gasteiger partial charge in [-0.05, 0) is 48.4 Å². The molecule has 1 fully saturated rings. The number of benzene rings is 1. The zero-order chi connectivity index (χ0) is 17.1. The highest BCUT2D eigenvalue weighted by molar-refractivity contribution is 7.07. The molecule has 0 amide bonds. The van der Waals surface area contributed by atoms with Gasteiger partial charge in [0.2, 0.25) is 0 Å². The molecule has 3 nitrogen and oxygen atoms in total. The first-order valence-electron chi connectivity index (χ1n) is 8.53. The van der Waals surface area contributed by atoms with E-state index in [2.05, 4.69) is 53.1 Å². The summed E-state index contributed by atoms with van der Waals surface area (Å²) in [5, 5.41) is 14.7. The Labute approximate surface area is 148 Å². The van der Waals surface area contributed by atoms with Gasteiger partial charge in [-0.3, -0.25) is 4.90 Å². The zero-order valence-electron chi connectivity index (χ0n) is 14.5. The van der Waals surface area contributed by atoms with E-state index in [1.165, 1.54) is 11.3 Å². The second-order valence-corrected chi connectivity index (χ2v) is 7.46. The van der Waals surface area contributed by atoms with E-state index in [9.17, 15) is 5.11 Å². The van der Waals surface area contributed by atoms with Crippen molar-refractivity contribution in [2.24, 2.45) is 0 Å². The van der Waals surface area contributed by atoms with Crippen LogP contribution in [0.2, 0.25) is 0 Å². The van der Waals surface area contributed by atoms with E-state index >= 15 is 0 Å². The topological polar surface area (TPSA) is 26.7 Å². The van der Waals surface area contributed by atoms with Crippen LogP contribution in [0.25, 0.3) is 0 Å². The van der Waals surface area contributed by atoms with Crippen molar-refractivity contribution in [3.8, 4) is 5.75 Å². The van der Waals surface area contributed by atoms with Crippen LogP contribution in [0.4, 0.5) is 5.69 Å². The summed E-state index contributed by atoms with van der Waals surface area (Å²) in [6.45, 7) is 11.3. The fourth-order valence-electron chi connectivity index (χ4n) is 3.56. The van der Waals surface area contributed by atoms with Gasteiger partial charge in [0.15, 0.2) is 0 Å². The predicted octanol–water partition coefficient (Wildman–Crippen LogP) is 4.13. The van der Waals surface area contributed by atoms with Crippen molar-refractivity contribution in [2.45, 2.75) is 32.4 Å².